The molecule has 1 aliphatic carbocycles. The van der Waals surface area contributed by atoms with Crippen molar-refractivity contribution in [2.75, 3.05) is 12.4 Å². The Morgan fingerprint density at radius 1 is 1.11 bits per heavy atom. The third-order valence-electron chi connectivity index (χ3n) is 5.90. The van der Waals surface area contributed by atoms with Gasteiger partial charge in [0.2, 0.25) is 11.8 Å². The molecule has 4 rings (SSSR count). The van der Waals surface area contributed by atoms with Crippen molar-refractivity contribution in [1.29, 1.82) is 0 Å². The Bertz CT molecular complexity index is 1200. The number of methoxy groups -OCH3 is 1. The van der Waals surface area contributed by atoms with Crippen LogP contribution in [0.1, 0.15) is 46.5 Å². The number of benzene rings is 1. The Morgan fingerprint density at radius 3 is 2.69 bits per heavy atom. The van der Waals surface area contributed by atoms with Crippen molar-refractivity contribution >= 4 is 11.9 Å². The Balaban J connectivity index is 1.53. The fraction of sp³-hybridized carbons (Fsp3) is 0.407. The van der Waals surface area contributed by atoms with E-state index in [2.05, 4.69) is 20.3 Å². The fourth-order valence-corrected chi connectivity index (χ4v) is 4.35. The van der Waals surface area contributed by atoms with Gasteiger partial charge in [0.1, 0.15) is 11.3 Å². The van der Waals surface area contributed by atoms with Gasteiger partial charge in [0.05, 0.1) is 19.2 Å². The summed E-state index contributed by atoms with van der Waals surface area (Å²) in [7, 11) is 1.57. The molecule has 0 unspecified atom stereocenters. The van der Waals surface area contributed by atoms with Crippen molar-refractivity contribution in [2.24, 2.45) is 5.92 Å². The van der Waals surface area contributed by atoms with Crippen LogP contribution >= 0.6 is 0 Å². The van der Waals surface area contributed by atoms with Gasteiger partial charge >= 0.3 is 5.97 Å². The summed E-state index contributed by atoms with van der Waals surface area (Å²) in [5.41, 5.74) is 1.95. The summed E-state index contributed by atoms with van der Waals surface area (Å²) in [5.74, 6) is -0.0346. The Morgan fingerprint density at radius 2 is 1.91 bits per heavy atom. The molecule has 1 N–H and O–H groups in total. The van der Waals surface area contributed by atoms with Crippen LogP contribution in [0.5, 0.6) is 5.88 Å². The lowest BCUT2D eigenvalue weighted by molar-refractivity contribution is -0.161. The van der Waals surface area contributed by atoms with Crippen LogP contribution in [0.3, 0.4) is 0 Å². The van der Waals surface area contributed by atoms with Gasteiger partial charge in [-0.1, -0.05) is 24.6 Å². The Hall–Kier alpha value is -3.55. The molecule has 1 aliphatic rings. The fourth-order valence-electron chi connectivity index (χ4n) is 4.35. The number of halogens is 1. The first-order chi connectivity index (χ1) is 16.7. The van der Waals surface area contributed by atoms with E-state index in [0.29, 0.717) is 23.8 Å². The molecule has 2 aromatic heterocycles. The lowest BCUT2D eigenvalue weighted by Gasteiger charge is -2.30. The molecular weight excluding hydrogens is 447 g/mol. The van der Waals surface area contributed by atoms with Gasteiger partial charge in [-0.25, -0.2) is 19.3 Å². The van der Waals surface area contributed by atoms with Gasteiger partial charge in [0.15, 0.2) is 5.82 Å². The van der Waals surface area contributed by atoms with Gasteiger partial charge in [-0.15, -0.1) is 0 Å². The van der Waals surface area contributed by atoms with Crippen LogP contribution < -0.4 is 10.1 Å². The number of nitrogens with zero attached hydrogens (tertiary/aromatic N) is 3. The van der Waals surface area contributed by atoms with E-state index in [1.54, 1.807) is 19.4 Å². The number of ether oxygens (including phenoxy) is 2. The van der Waals surface area contributed by atoms with E-state index in [0.717, 1.165) is 30.4 Å². The van der Waals surface area contributed by atoms with Gasteiger partial charge in [-0.3, -0.25) is 4.79 Å². The zero-order valence-electron chi connectivity index (χ0n) is 20.5. The van der Waals surface area contributed by atoms with Crippen LogP contribution in [0, 0.1) is 11.7 Å². The van der Waals surface area contributed by atoms with Crippen molar-refractivity contribution in [1.82, 2.24) is 15.0 Å². The maximum Gasteiger partial charge on any atom is 0.309 e. The number of aromatic nitrogens is 3. The topological polar surface area (TPSA) is 86.2 Å². The van der Waals surface area contributed by atoms with E-state index in [1.165, 1.54) is 6.20 Å². The Kier molecular flexibility index (Phi) is 7.28. The molecule has 0 bridgehead atoms. The smallest absolute Gasteiger partial charge is 0.309 e. The third-order valence-corrected chi connectivity index (χ3v) is 5.90. The van der Waals surface area contributed by atoms with Gasteiger partial charge in [0, 0.05) is 23.4 Å². The lowest BCUT2D eigenvalue weighted by Crippen LogP contribution is -2.35. The Labute approximate surface area is 205 Å². The van der Waals surface area contributed by atoms with Gasteiger partial charge in [-0.2, -0.15) is 0 Å². The number of nitrogens with one attached hydrogen (secondary N) is 1. The molecule has 35 heavy (non-hydrogen) atoms. The molecule has 0 saturated heterocycles. The summed E-state index contributed by atoms with van der Waals surface area (Å²) in [4.78, 5) is 25.4. The predicted molar refractivity (Wildman–Crippen MR) is 132 cm³/mol. The van der Waals surface area contributed by atoms with Crippen LogP contribution in [0.25, 0.3) is 22.4 Å². The maximum absolute atomic E-state index is 14.8. The summed E-state index contributed by atoms with van der Waals surface area (Å²) < 4.78 is 25.7. The molecule has 1 saturated carbocycles. The van der Waals surface area contributed by atoms with Gasteiger partial charge < -0.3 is 14.8 Å². The van der Waals surface area contributed by atoms with Crippen LogP contribution in [0.4, 0.5) is 10.3 Å². The van der Waals surface area contributed by atoms with Crippen molar-refractivity contribution < 1.29 is 18.7 Å². The van der Waals surface area contributed by atoms with Gasteiger partial charge in [-0.05, 0) is 63.8 Å². The quantitative estimate of drug-likeness (QED) is 0.457. The zero-order valence-corrected chi connectivity index (χ0v) is 20.5. The predicted octanol–water partition coefficient (Wildman–Crippen LogP) is 5.67. The first-order valence-electron chi connectivity index (χ1n) is 11.9. The molecule has 184 valence electrons. The standard InChI is InChI=1S/C27H31FN4O3/c1-27(2,3)35-25(33)19-10-6-11-20(15-19)31-26-30-16-22(28)23(32-26)18-9-5-8-17(14-18)21-12-7-13-29-24(21)34-4/h5,7-9,12-14,16,19-20H,6,10-11,15H2,1-4H3,(H,30,31,32)/t19-,20+/m1/s1. The average Bonchev–Trinajstić information content (AvgIpc) is 2.84. The van der Waals surface area contributed by atoms with E-state index in [1.807, 2.05) is 51.1 Å². The van der Waals surface area contributed by atoms with E-state index < -0.39 is 11.4 Å². The second kappa shape index (κ2) is 10.4. The highest BCUT2D eigenvalue weighted by molar-refractivity contribution is 5.75. The average molecular weight is 479 g/mol. The first-order valence-corrected chi connectivity index (χ1v) is 11.9. The second-order valence-electron chi connectivity index (χ2n) is 9.77. The number of esters is 1. The van der Waals surface area contributed by atoms with Crippen LogP contribution in [-0.2, 0) is 9.53 Å². The van der Waals surface area contributed by atoms with E-state index in [9.17, 15) is 9.18 Å². The number of hydrogen-bond acceptors (Lipinski definition) is 7. The van der Waals surface area contributed by atoms with Crippen LogP contribution in [-0.4, -0.2) is 39.7 Å². The van der Waals surface area contributed by atoms with Crippen molar-refractivity contribution in [3.8, 4) is 28.3 Å². The highest BCUT2D eigenvalue weighted by Gasteiger charge is 2.31. The molecule has 1 aromatic carbocycles. The number of hydrogen-bond donors (Lipinski definition) is 1. The molecule has 8 heteroatoms. The highest BCUT2D eigenvalue weighted by atomic mass is 19.1. The molecule has 1 fully saturated rings. The summed E-state index contributed by atoms with van der Waals surface area (Å²) in [5, 5.41) is 3.30. The minimum absolute atomic E-state index is 0.00516. The highest BCUT2D eigenvalue weighted by Crippen LogP contribution is 2.32. The molecule has 2 atom stereocenters. The molecular formula is C27H31FN4O3. The number of rotatable bonds is 6. The second-order valence-corrected chi connectivity index (χ2v) is 9.77. The van der Waals surface area contributed by atoms with E-state index in [-0.39, 0.29) is 23.6 Å². The SMILES string of the molecule is COc1ncccc1-c1cccc(-c2nc(N[C@H]3CCC[C@@H](C(=O)OC(C)(C)C)C3)ncc2F)c1. The maximum atomic E-state index is 14.8. The molecule has 3 aromatic rings. The summed E-state index contributed by atoms with van der Waals surface area (Å²) in [6.07, 6.45) is 6.04. The molecule has 0 spiro atoms. The van der Waals surface area contributed by atoms with Crippen molar-refractivity contribution in [3.63, 3.8) is 0 Å². The number of anilines is 1. The molecule has 7 nitrogen and oxygen atoms in total. The number of carbonyl (C=O) groups is 1. The van der Waals surface area contributed by atoms with Gasteiger partial charge in [0.25, 0.3) is 0 Å². The van der Waals surface area contributed by atoms with Crippen LogP contribution in [0.15, 0.2) is 48.8 Å². The lowest BCUT2D eigenvalue weighted by atomic mass is 9.85. The molecule has 0 amide bonds. The molecule has 0 radical (unpaired) electrons. The van der Waals surface area contributed by atoms with Crippen LogP contribution in [0.2, 0.25) is 0 Å². The minimum atomic E-state index is -0.513. The number of pyridine rings is 1. The van der Waals surface area contributed by atoms with E-state index >= 15 is 0 Å². The monoisotopic (exact) mass is 478 g/mol. The zero-order chi connectivity index (χ0) is 25.0. The summed E-state index contributed by atoms with van der Waals surface area (Å²) in [6, 6.07) is 11.2. The molecule has 2 heterocycles. The summed E-state index contributed by atoms with van der Waals surface area (Å²) >= 11 is 0. The van der Waals surface area contributed by atoms with E-state index in [4.69, 9.17) is 9.47 Å². The minimum Gasteiger partial charge on any atom is -0.481 e. The largest absolute Gasteiger partial charge is 0.481 e. The third kappa shape index (κ3) is 6.12. The number of carbonyl (C=O) groups excluding carboxylic acids is 1. The van der Waals surface area contributed by atoms with Crippen molar-refractivity contribution in [2.45, 2.75) is 58.1 Å². The normalized spacial score (nSPS) is 18.1. The summed E-state index contributed by atoms with van der Waals surface area (Å²) in [6.45, 7) is 5.62. The first kappa shape index (κ1) is 24.6. The molecule has 0 aliphatic heterocycles. The van der Waals surface area contributed by atoms with Crippen molar-refractivity contribution in [3.05, 3.63) is 54.6 Å².